The monoisotopic (exact) mass is 352 g/mol. The summed E-state index contributed by atoms with van der Waals surface area (Å²) in [5, 5.41) is 1.24. The lowest BCUT2D eigenvalue weighted by atomic mass is 10.1. The summed E-state index contributed by atoms with van der Waals surface area (Å²) in [6, 6.07) is 9.80. The van der Waals surface area contributed by atoms with Crippen LogP contribution < -0.4 is 15.1 Å². The van der Waals surface area contributed by atoms with Gasteiger partial charge in [-0.2, -0.15) is 0 Å². The van der Waals surface area contributed by atoms with E-state index in [0.29, 0.717) is 27.5 Å². The van der Waals surface area contributed by atoms with E-state index >= 15 is 0 Å². The van der Waals surface area contributed by atoms with Crippen molar-refractivity contribution in [2.75, 3.05) is 0 Å². The summed E-state index contributed by atoms with van der Waals surface area (Å²) in [6.07, 6.45) is 0. The molecule has 130 valence electrons. The molecule has 0 saturated heterocycles. The van der Waals surface area contributed by atoms with E-state index in [2.05, 4.69) is 0 Å². The summed E-state index contributed by atoms with van der Waals surface area (Å²) in [5.41, 5.74) is 0.465. The maximum Gasteiger partial charge on any atom is 0.348 e. The minimum Gasteiger partial charge on any atom is -0.455 e. The fraction of sp³-hybridized carbons (Fsp3) is 0.105. The number of ether oxygens (including phenoxy) is 2. The van der Waals surface area contributed by atoms with Crippen LogP contribution in [-0.4, -0.2) is 11.9 Å². The van der Waals surface area contributed by atoms with Crippen molar-refractivity contribution in [2.24, 2.45) is 0 Å². The molecule has 0 radical (unpaired) electrons. The molecule has 0 saturated carbocycles. The molecule has 0 bridgehead atoms. The topological polar surface area (TPSA) is 96.0 Å². The van der Waals surface area contributed by atoms with Crippen molar-refractivity contribution in [3.05, 3.63) is 46.8 Å². The Morgan fingerprint density at radius 2 is 1.50 bits per heavy atom. The quantitative estimate of drug-likeness (QED) is 0.309. The van der Waals surface area contributed by atoms with E-state index in [1.807, 2.05) is 0 Å². The standard InChI is InChI=1S/C19H12O7/c1-9(20)23-15-7-12-14(8-16(15)24-10(2)21)25-18-11-5-3-4-6-13(11)26-19(22)17(12)18/h3-8H,1-2H3. The first-order chi connectivity index (χ1) is 12.4. The predicted molar refractivity (Wildman–Crippen MR) is 92.4 cm³/mol. The van der Waals surface area contributed by atoms with Gasteiger partial charge in [-0.15, -0.1) is 0 Å². The Morgan fingerprint density at radius 1 is 0.846 bits per heavy atom. The first-order valence-corrected chi connectivity index (χ1v) is 7.73. The zero-order valence-corrected chi connectivity index (χ0v) is 13.8. The van der Waals surface area contributed by atoms with Gasteiger partial charge in [0.15, 0.2) is 17.1 Å². The number of carbonyl (C=O) groups excluding carboxylic acids is 2. The van der Waals surface area contributed by atoms with Crippen LogP contribution in [-0.2, 0) is 9.59 Å². The van der Waals surface area contributed by atoms with Crippen molar-refractivity contribution in [3.8, 4) is 11.5 Å². The van der Waals surface area contributed by atoms with Gasteiger partial charge < -0.3 is 18.3 Å². The third-order valence-corrected chi connectivity index (χ3v) is 3.80. The smallest absolute Gasteiger partial charge is 0.348 e. The number of rotatable bonds is 2. The van der Waals surface area contributed by atoms with Crippen LogP contribution in [0.3, 0.4) is 0 Å². The largest absolute Gasteiger partial charge is 0.455 e. The molecule has 0 fully saturated rings. The lowest BCUT2D eigenvalue weighted by Gasteiger charge is -2.08. The number of para-hydroxylation sites is 1. The van der Waals surface area contributed by atoms with Crippen molar-refractivity contribution in [1.29, 1.82) is 0 Å². The highest BCUT2D eigenvalue weighted by Gasteiger charge is 2.20. The Morgan fingerprint density at radius 3 is 2.19 bits per heavy atom. The summed E-state index contributed by atoms with van der Waals surface area (Å²) in [7, 11) is 0. The average molecular weight is 352 g/mol. The summed E-state index contributed by atoms with van der Waals surface area (Å²) >= 11 is 0. The van der Waals surface area contributed by atoms with Crippen molar-refractivity contribution in [1.82, 2.24) is 0 Å². The minimum absolute atomic E-state index is 0.00968. The van der Waals surface area contributed by atoms with Gasteiger partial charge in [0.25, 0.3) is 0 Å². The summed E-state index contributed by atoms with van der Waals surface area (Å²) in [5.74, 6) is -1.15. The Labute approximate surface area is 145 Å². The molecule has 7 nitrogen and oxygen atoms in total. The number of furan rings is 1. The second-order valence-corrected chi connectivity index (χ2v) is 5.67. The molecule has 0 atom stereocenters. The van der Waals surface area contributed by atoms with Gasteiger partial charge in [0.2, 0.25) is 0 Å². The molecule has 0 unspecified atom stereocenters. The van der Waals surface area contributed by atoms with E-state index in [9.17, 15) is 14.4 Å². The van der Waals surface area contributed by atoms with Crippen molar-refractivity contribution in [3.63, 3.8) is 0 Å². The van der Waals surface area contributed by atoms with E-state index in [1.54, 1.807) is 24.3 Å². The zero-order chi connectivity index (χ0) is 18.4. The lowest BCUT2D eigenvalue weighted by Crippen LogP contribution is -2.07. The molecule has 4 rings (SSSR count). The first kappa shape index (κ1) is 15.9. The molecule has 0 aliphatic heterocycles. The predicted octanol–water partition coefficient (Wildman–Crippen LogP) is 3.54. The molecule has 2 heterocycles. The van der Waals surface area contributed by atoms with E-state index in [-0.39, 0.29) is 16.9 Å². The molecule has 7 heteroatoms. The van der Waals surface area contributed by atoms with Gasteiger partial charge in [0.05, 0.1) is 5.39 Å². The lowest BCUT2D eigenvalue weighted by molar-refractivity contribution is -0.134. The van der Waals surface area contributed by atoms with Crippen LogP contribution in [0.1, 0.15) is 13.8 Å². The van der Waals surface area contributed by atoms with Gasteiger partial charge in [0.1, 0.15) is 16.6 Å². The average Bonchev–Trinajstić information content (AvgIpc) is 2.93. The molecule has 0 aliphatic carbocycles. The number of fused-ring (bicyclic) bond motifs is 5. The van der Waals surface area contributed by atoms with Crippen molar-refractivity contribution < 1.29 is 27.9 Å². The second-order valence-electron chi connectivity index (χ2n) is 5.67. The number of hydrogen-bond donors (Lipinski definition) is 0. The third kappa shape index (κ3) is 2.50. The number of esters is 2. The Balaban J connectivity index is 2.11. The van der Waals surface area contributed by atoms with E-state index in [1.165, 1.54) is 26.0 Å². The molecule has 2 aromatic carbocycles. The highest BCUT2D eigenvalue weighted by molar-refractivity contribution is 6.13. The zero-order valence-electron chi connectivity index (χ0n) is 13.8. The van der Waals surface area contributed by atoms with Crippen LogP contribution in [0.4, 0.5) is 0 Å². The highest BCUT2D eigenvalue weighted by Crippen LogP contribution is 2.38. The van der Waals surface area contributed by atoms with E-state index in [0.717, 1.165) is 0 Å². The van der Waals surface area contributed by atoms with Crippen LogP contribution in [0.5, 0.6) is 11.5 Å². The number of benzene rings is 2. The summed E-state index contributed by atoms with van der Waals surface area (Å²) < 4.78 is 21.4. The molecule has 0 amide bonds. The normalized spacial score (nSPS) is 11.2. The van der Waals surface area contributed by atoms with E-state index in [4.69, 9.17) is 18.3 Å². The minimum atomic E-state index is -0.594. The van der Waals surface area contributed by atoms with Gasteiger partial charge in [-0.3, -0.25) is 9.59 Å². The number of carbonyl (C=O) groups is 2. The van der Waals surface area contributed by atoms with Gasteiger partial charge in [-0.05, 0) is 18.2 Å². The molecule has 0 spiro atoms. The van der Waals surface area contributed by atoms with Crippen LogP contribution >= 0.6 is 0 Å². The summed E-state index contributed by atoms with van der Waals surface area (Å²) in [4.78, 5) is 35.1. The SMILES string of the molecule is CC(=O)Oc1cc2oc3c4ccccc4oc(=O)c3c2cc1OC(C)=O. The van der Waals surface area contributed by atoms with Crippen LogP contribution in [0.2, 0.25) is 0 Å². The second kappa shape index (κ2) is 5.73. The summed E-state index contributed by atoms with van der Waals surface area (Å²) in [6.45, 7) is 2.44. The molecule has 0 aliphatic rings. The number of hydrogen-bond acceptors (Lipinski definition) is 7. The maximum absolute atomic E-state index is 12.4. The Hall–Kier alpha value is -3.61. The Bertz CT molecular complexity index is 1260. The van der Waals surface area contributed by atoms with Gasteiger partial charge in [-0.25, -0.2) is 4.79 Å². The Kier molecular flexibility index (Phi) is 3.50. The molecule has 4 aromatic rings. The fourth-order valence-corrected chi connectivity index (χ4v) is 2.86. The highest BCUT2D eigenvalue weighted by atomic mass is 16.6. The molecule has 2 aromatic heterocycles. The van der Waals surface area contributed by atoms with Crippen LogP contribution in [0.25, 0.3) is 32.9 Å². The van der Waals surface area contributed by atoms with Gasteiger partial charge in [-0.1, -0.05) is 12.1 Å². The third-order valence-electron chi connectivity index (χ3n) is 3.80. The van der Waals surface area contributed by atoms with Gasteiger partial charge in [0, 0.05) is 25.3 Å². The van der Waals surface area contributed by atoms with Crippen molar-refractivity contribution >= 4 is 44.8 Å². The molecule has 0 N–H and O–H groups in total. The van der Waals surface area contributed by atoms with E-state index < -0.39 is 17.6 Å². The van der Waals surface area contributed by atoms with Crippen LogP contribution in [0, 0.1) is 0 Å². The molecular formula is C19H12O7. The van der Waals surface area contributed by atoms with Crippen LogP contribution in [0.15, 0.2) is 50.0 Å². The maximum atomic E-state index is 12.4. The molecule has 26 heavy (non-hydrogen) atoms. The van der Waals surface area contributed by atoms with Gasteiger partial charge >= 0.3 is 17.6 Å². The molecular weight excluding hydrogens is 340 g/mol. The van der Waals surface area contributed by atoms with Crippen molar-refractivity contribution in [2.45, 2.75) is 13.8 Å². The first-order valence-electron chi connectivity index (χ1n) is 7.73. The fourth-order valence-electron chi connectivity index (χ4n) is 2.86.